The lowest BCUT2D eigenvalue weighted by atomic mass is 9.86. The van der Waals surface area contributed by atoms with Gasteiger partial charge in [-0.2, -0.15) is 0 Å². The molecule has 2 unspecified atom stereocenters. The third-order valence-corrected chi connectivity index (χ3v) is 4.91. The second-order valence-electron chi connectivity index (χ2n) is 7.14. The van der Waals surface area contributed by atoms with E-state index in [0.717, 1.165) is 30.7 Å². The number of nitrogens with one attached hydrogen (secondary N) is 1. The summed E-state index contributed by atoms with van der Waals surface area (Å²) in [6.07, 6.45) is 5.81. The number of hydrogen-bond acceptors (Lipinski definition) is 3. The highest BCUT2D eigenvalue weighted by Gasteiger charge is 2.22. The van der Waals surface area contributed by atoms with Gasteiger partial charge in [0.1, 0.15) is 5.75 Å². The molecule has 1 aliphatic rings. The van der Waals surface area contributed by atoms with Crippen LogP contribution in [0.15, 0.2) is 24.3 Å². The van der Waals surface area contributed by atoms with E-state index < -0.39 is 0 Å². The molecular formula is C20H32N2O2. The third kappa shape index (κ3) is 6.16. The first kappa shape index (κ1) is 18.8. The maximum Gasteiger partial charge on any atom is 0.234 e. The van der Waals surface area contributed by atoms with Gasteiger partial charge in [0.15, 0.2) is 0 Å². The second-order valence-corrected chi connectivity index (χ2v) is 7.14. The number of amides is 1. The van der Waals surface area contributed by atoms with Crippen molar-refractivity contribution in [2.75, 3.05) is 26.7 Å². The Bertz CT molecular complexity index is 518. The van der Waals surface area contributed by atoms with E-state index in [4.69, 9.17) is 4.74 Å². The Morgan fingerprint density at radius 1 is 1.29 bits per heavy atom. The molecule has 1 N–H and O–H groups in total. The Balaban J connectivity index is 1.61. The first-order valence-corrected chi connectivity index (χ1v) is 9.22. The standard InChI is InChI=1S/C20H32N2O2/c1-16-9-4-6-11-18(16)21-20(23)15-22(3)13-8-14-24-19-12-7-5-10-17(19)2/h5,7,10,12,16,18H,4,6,8-9,11,13-15H2,1-3H3,(H,21,23). The van der Waals surface area contributed by atoms with Crippen LogP contribution in [0.2, 0.25) is 0 Å². The molecule has 0 saturated heterocycles. The number of hydrogen-bond donors (Lipinski definition) is 1. The van der Waals surface area contributed by atoms with Gasteiger partial charge < -0.3 is 10.1 Å². The van der Waals surface area contributed by atoms with E-state index in [-0.39, 0.29) is 5.91 Å². The van der Waals surface area contributed by atoms with E-state index in [2.05, 4.69) is 30.1 Å². The lowest BCUT2D eigenvalue weighted by Gasteiger charge is -2.30. The Labute approximate surface area is 146 Å². The van der Waals surface area contributed by atoms with E-state index in [1.54, 1.807) is 0 Å². The van der Waals surface area contributed by atoms with Crippen molar-refractivity contribution in [3.05, 3.63) is 29.8 Å². The zero-order chi connectivity index (χ0) is 17.4. The number of para-hydroxylation sites is 1. The fraction of sp³-hybridized carbons (Fsp3) is 0.650. The minimum absolute atomic E-state index is 0.149. The number of benzene rings is 1. The largest absolute Gasteiger partial charge is 0.493 e. The predicted molar refractivity (Wildman–Crippen MR) is 98.4 cm³/mol. The maximum atomic E-state index is 12.2. The molecule has 2 rings (SSSR count). The zero-order valence-corrected chi connectivity index (χ0v) is 15.4. The van der Waals surface area contributed by atoms with Crippen molar-refractivity contribution in [2.24, 2.45) is 5.92 Å². The number of rotatable bonds is 8. The summed E-state index contributed by atoms with van der Waals surface area (Å²) in [7, 11) is 2.00. The van der Waals surface area contributed by atoms with Crippen LogP contribution >= 0.6 is 0 Å². The van der Waals surface area contributed by atoms with Gasteiger partial charge in [0, 0.05) is 12.6 Å². The van der Waals surface area contributed by atoms with Crippen LogP contribution in [0.25, 0.3) is 0 Å². The van der Waals surface area contributed by atoms with Crippen LogP contribution in [-0.4, -0.2) is 43.6 Å². The first-order valence-electron chi connectivity index (χ1n) is 9.22. The number of nitrogens with zero attached hydrogens (tertiary/aromatic N) is 1. The molecule has 134 valence electrons. The van der Waals surface area contributed by atoms with Gasteiger partial charge in [0.2, 0.25) is 5.91 Å². The van der Waals surface area contributed by atoms with Crippen molar-refractivity contribution in [1.29, 1.82) is 0 Å². The molecule has 24 heavy (non-hydrogen) atoms. The zero-order valence-electron chi connectivity index (χ0n) is 15.4. The molecule has 1 saturated carbocycles. The molecule has 0 bridgehead atoms. The van der Waals surface area contributed by atoms with E-state index in [1.165, 1.54) is 19.3 Å². The SMILES string of the molecule is Cc1ccccc1OCCCN(C)CC(=O)NC1CCCCC1C. The molecule has 0 radical (unpaired) electrons. The molecule has 1 fully saturated rings. The smallest absolute Gasteiger partial charge is 0.234 e. The normalized spacial score (nSPS) is 20.8. The average Bonchev–Trinajstić information content (AvgIpc) is 2.55. The Kier molecular flexibility index (Phi) is 7.57. The molecule has 1 aromatic rings. The molecular weight excluding hydrogens is 300 g/mol. The highest BCUT2D eigenvalue weighted by molar-refractivity contribution is 5.78. The van der Waals surface area contributed by atoms with Gasteiger partial charge in [0.05, 0.1) is 13.2 Å². The molecule has 2 atom stereocenters. The quantitative estimate of drug-likeness (QED) is 0.742. The second kappa shape index (κ2) is 9.67. The van der Waals surface area contributed by atoms with Gasteiger partial charge in [-0.15, -0.1) is 0 Å². The van der Waals surface area contributed by atoms with Crippen LogP contribution in [-0.2, 0) is 4.79 Å². The highest BCUT2D eigenvalue weighted by atomic mass is 16.5. The molecule has 1 amide bonds. The summed E-state index contributed by atoms with van der Waals surface area (Å²) >= 11 is 0. The van der Waals surface area contributed by atoms with E-state index in [0.29, 0.717) is 25.1 Å². The lowest BCUT2D eigenvalue weighted by molar-refractivity contribution is -0.123. The Hall–Kier alpha value is -1.55. The number of ether oxygens (including phenoxy) is 1. The Morgan fingerprint density at radius 2 is 2.04 bits per heavy atom. The van der Waals surface area contributed by atoms with Gasteiger partial charge >= 0.3 is 0 Å². The van der Waals surface area contributed by atoms with E-state index >= 15 is 0 Å². The lowest BCUT2D eigenvalue weighted by Crippen LogP contribution is -2.45. The van der Waals surface area contributed by atoms with Crippen molar-refractivity contribution >= 4 is 5.91 Å². The van der Waals surface area contributed by atoms with Crippen molar-refractivity contribution in [2.45, 2.75) is 52.0 Å². The van der Waals surface area contributed by atoms with E-state index in [1.807, 2.05) is 25.2 Å². The molecule has 0 heterocycles. The monoisotopic (exact) mass is 332 g/mol. The molecule has 4 heteroatoms. The van der Waals surface area contributed by atoms with Gasteiger partial charge in [-0.1, -0.05) is 38.0 Å². The van der Waals surface area contributed by atoms with Crippen LogP contribution in [0.3, 0.4) is 0 Å². The number of carbonyl (C=O) groups is 1. The number of likely N-dealkylation sites (N-methyl/N-ethyl adjacent to an activating group) is 1. The minimum atomic E-state index is 0.149. The fourth-order valence-electron chi connectivity index (χ4n) is 3.34. The molecule has 0 spiro atoms. The van der Waals surface area contributed by atoms with Gasteiger partial charge in [-0.25, -0.2) is 0 Å². The molecule has 0 aliphatic heterocycles. The van der Waals surface area contributed by atoms with Crippen LogP contribution < -0.4 is 10.1 Å². The molecule has 1 aromatic carbocycles. The molecule has 1 aliphatic carbocycles. The van der Waals surface area contributed by atoms with Crippen molar-refractivity contribution in [3.63, 3.8) is 0 Å². The van der Waals surface area contributed by atoms with Crippen molar-refractivity contribution in [3.8, 4) is 5.75 Å². The maximum absolute atomic E-state index is 12.2. The summed E-state index contributed by atoms with van der Waals surface area (Å²) in [5.41, 5.74) is 1.16. The van der Waals surface area contributed by atoms with Crippen LogP contribution in [0.1, 0.15) is 44.6 Å². The highest BCUT2D eigenvalue weighted by Crippen LogP contribution is 2.23. The fourth-order valence-corrected chi connectivity index (χ4v) is 3.34. The number of carbonyl (C=O) groups excluding carboxylic acids is 1. The van der Waals surface area contributed by atoms with Crippen molar-refractivity contribution < 1.29 is 9.53 Å². The summed E-state index contributed by atoms with van der Waals surface area (Å²) in [6, 6.07) is 8.42. The predicted octanol–water partition coefficient (Wildman–Crippen LogP) is 3.39. The topological polar surface area (TPSA) is 41.6 Å². The van der Waals surface area contributed by atoms with Crippen LogP contribution in [0.5, 0.6) is 5.75 Å². The first-order chi connectivity index (χ1) is 11.6. The minimum Gasteiger partial charge on any atom is -0.493 e. The van der Waals surface area contributed by atoms with Gasteiger partial charge in [-0.3, -0.25) is 9.69 Å². The summed E-state index contributed by atoms with van der Waals surface area (Å²) in [5.74, 6) is 1.70. The number of aryl methyl sites for hydroxylation is 1. The van der Waals surface area contributed by atoms with Gasteiger partial charge in [0.25, 0.3) is 0 Å². The molecule has 4 nitrogen and oxygen atoms in total. The summed E-state index contributed by atoms with van der Waals surface area (Å²) in [5, 5.41) is 3.21. The van der Waals surface area contributed by atoms with E-state index in [9.17, 15) is 4.79 Å². The average molecular weight is 332 g/mol. The van der Waals surface area contributed by atoms with Crippen molar-refractivity contribution in [1.82, 2.24) is 10.2 Å². The van der Waals surface area contributed by atoms with Gasteiger partial charge in [-0.05, 0) is 50.8 Å². The summed E-state index contributed by atoms with van der Waals surface area (Å²) in [4.78, 5) is 14.3. The summed E-state index contributed by atoms with van der Waals surface area (Å²) in [6.45, 7) is 6.30. The van der Waals surface area contributed by atoms with Crippen LogP contribution in [0.4, 0.5) is 0 Å². The van der Waals surface area contributed by atoms with Crippen LogP contribution in [0, 0.1) is 12.8 Å². The Morgan fingerprint density at radius 3 is 2.79 bits per heavy atom. The third-order valence-electron chi connectivity index (χ3n) is 4.91. The molecule has 0 aromatic heterocycles. The summed E-state index contributed by atoms with van der Waals surface area (Å²) < 4.78 is 5.80.